The Kier molecular flexibility index (Phi) is 6.21. The number of aromatic nitrogens is 2. The zero-order chi connectivity index (χ0) is 14.7. The van der Waals surface area contributed by atoms with Crippen molar-refractivity contribution < 1.29 is 15.2 Å². The summed E-state index contributed by atoms with van der Waals surface area (Å²) in [5.74, 6) is 0. The summed E-state index contributed by atoms with van der Waals surface area (Å²) in [6.45, 7) is 0. The molecule has 0 saturated carbocycles. The van der Waals surface area contributed by atoms with Crippen LogP contribution in [-0.4, -0.2) is 9.97 Å². The zero-order valence-corrected chi connectivity index (χ0v) is 15.5. The molecule has 0 saturated heterocycles. The molecule has 2 heterocycles. The summed E-state index contributed by atoms with van der Waals surface area (Å²) in [6, 6.07) is 9.66. The van der Waals surface area contributed by atoms with Crippen molar-refractivity contribution in [3.05, 3.63) is 46.7 Å². The van der Waals surface area contributed by atoms with Crippen LogP contribution in [0.5, 0.6) is 0 Å². The fraction of sp³-hybridized carbons (Fsp3) is 0. The van der Waals surface area contributed by atoms with Crippen LogP contribution in [0, 0.1) is 0 Å². The molecule has 2 nitrogen and oxygen atoms in total. The first-order valence-electron chi connectivity index (χ1n) is 5.09. The van der Waals surface area contributed by atoms with Crippen molar-refractivity contribution in [3.63, 3.8) is 0 Å². The van der Waals surface area contributed by atoms with Gasteiger partial charge in [-0.2, -0.15) is 0 Å². The van der Waals surface area contributed by atoms with Crippen molar-refractivity contribution in [2.24, 2.45) is 0 Å². The van der Waals surface area contributed by atoms with Crippen LogP contribution in [0.1, 0.15) is 0 Å². The van der Waals surface area contributed by atoms with Gasteiger partial charge in [0.1, 0.15) is 5.15 Å². The van der Waals surface area contributed by atoms with Gasteiger partial charge in [-0.25, -0.2) is 4.98 Å². The second-order valence-electron chi connectivity index (χ2n) is 3.60. The van der Waals surface area contributed by atoms with E-state index in [-0.39, 0.29) is 0 Å². The molecule has 3 rings (SSSR count). The molecule has 2 aromatic heterocycles. The second kappa shape index (κ2) is 7.48. The summed E-state index contributed by atoms with van der Waals surface area (Å²) < 4.78 is 0. The van der Waals surface area contributed by atoms with Crippen molar-refractivity contribution in [2.75, 3.05) is 0 Å². The van der Waals surface area contributed by atoms with Crippen molar-refractivity contribution in [1.82, 2.24) is 9.97 Å². The number of benzene rings is 1. The summed E-state index contributed by atoms with van der Waals surface area (Å²) in [5, 5.41) is 2.76. The summed E-state index contributed by atoms with van der Waals surface area (Å²) in [5.41, 5.74) is 1.63. The third kappa shape index (κ3) is 4.12. The molecule has 3 aromatic rings. The summed E-state index contributed by atoms with van der Waals surface area (Å²) >= 11 is 10.1. The number of halogens is 5. The van der Waals surface area contributed by atoms with Crippen molar-refractivity contribution in [2.45, 2.75) is 0 Å². The average Bonchev–Trinajstić information content (AvgIpc) is 2.40. The molecule has 0 radical (unpaired) electrons. The molecule has 0 N–H and O–H groups in total. The average molecular weight is 552 g/mol. The van der Waals surface area contributed by atoms with E-state index in [4.69, 9.17) is 50.8 Å². The molecule has 0 aliphatic rings. The van der Waals surface area contributed by atoms with Gasteiger partial charge in [0.05, 0.1) is 16.1 Å². The van der Waals surface area contributed by atoms with Crippen LogP contribution in [0.4, 0.5) is 0 Å². The number of hydrogen-bond donors (Lipinski definition) is 0. The summed E-state index contributed by atoms with van der Waals surface area (Å²) in [7, 11) is 14.9. The Morgan fingerprint density at radius 1 is 0.900 bits per heavy atom. The van der Waals surface area contributed by atoms with Crippen molar-refractivity contribution >= 4 is 72.6 Å². The molecule has 0 aliphatic heterocycles. The van der Waals surface area contributed by atoms with E-state index >= 15 is 0 Å². The number of fused-ring (bicyclic) bond motifs is 3. The standard InChI is InChI=1S/C12H6Cl2N2.Au.3ClH/c13-9-6-8-4-3-7-2-1-5-15-10(7)11(8)16-12(9)14;;;;/h1-6H;;3*1H/q;+3;;;/p-3. The Bertz CT molecular complexity index is 748. The van der Waals surface area contributed by atoms with Crippen LogP contribution in [0.3, 0.4) is 0 Å². The molecule has 1 aromatic carbocycles. The van der Waals surface area contributed by atoms with Gasteiger partial charge in [0.15, 0.2) is 0 Å². The summed E-state index contributed by atoms with van der Waals surface area (Å²) in [4.78, 5) is 8.59. The molecule has 0 atom stereocenters. The van der Waals surface area contributed by atoms with Gasteiger partial charge in [0.2, 0.25) is 0 Å². The molecule has 0 bridgehead atoms. The Morgan fingerprint density at radius 2 is 1.55 bits per heavy atom. The third-order valence-electron chi connectivity index (χ3n) is 2.47. The van der Waals surface area contributed by atoms with Gasteiger partial charge < -0.3 is 0 Å². The Labute approximate surface area is 143 Å². The number of pyridine rings is 2. The van der Waals surface area contributed by atoms with Gasteiger partial charge in [-0.1, -0.05) is 41.4 Å². The van der Waals surface area contributed by atoms with Gasteiger partial charge in [-0.05, 0) is 12.1 Å². The first kappa shape index (κ1) is 16.6. The van der Waals surface area contributed by atoms with E-state index in [1.165, 1.54) is 0 Å². The maximum atomic E-state index is 5.92. The van der Waals surface area contributed by atoms with Crippen LogP contribution in [-0.2, 0) is 15.2 Å². The zero-order valence-electron chi connectivity index (χ0n) is 9.55. The minimum absolute atomic E-state index is 0.312. The van der Waals surface area contributed by atoms with Gasteiger partial charge in [0, 0.05) is 17.0 Å². The molecular weight excluding hydrogens is 546 g/mol. The predicted octanol–water partition coefficient (Wildman–Crippen LogP) is 6.16. The predicted molar refractivity (Wildman–Crippen MR) is 84.6 cm³/mol. The van der Waals surface area contributed by atoms with Gasteiger partial charge >= 0.3 is 42.8 Å². The molecule has 8 heteroatoms. The van der Waals surface area contributed by atoms with Crippen LogP contribution < -0.4 is 0 Å². The van der Waals surface area contributed by atoms with E-state index < -0.39 is 15.2 Å². The van der Waals surface area contributed by atoms with Crippen LogP contribution in [0.15, 0.2) is 36.5 Å². The topological polar surface area (TPSA) is 25.8 Å². The maximum absolute atomic E-state index is 5.92. The Morgan fingerprint density at radius 3 is 2.25 bits per heavy atom. The second-order valence-corrected chi connectivity index (χ2v) is 13.8. The van der Waals surface area contributed by atoms with Crippen molar-refractivity contribution in [3.8, 4) is 0 Å². The van der Waals surface area contributed by atoms with E-state index in [1.807, 2.05) is 24.3 Å². The van der Waals surface area contributed by atoms with Crippen LogP contribution in [0.25, 0.3) is 21.8 Å². The van der Waals surface area contributed by atoms with E-state index in [9.17, 15) is 0 Å². The van der Waals surface area contributed by atoms with E-state index in [0.717, 1.165) is 21.8 Å². The van der Waals surface area contributed by atoms with Crippen LogP contribution >= 0.6 is 50.8 Å². The summed E-state index contributed by atoms with van der Waals surface area (Å²) in [6.07, 6.45) is 1.74. The van der Waals surface area contributed by atoms with Crippen LogP contribution in [0.2, 0.25) is 10.2 Å². The molecule has 0 spiro atoms. The van der Waals surface area contributed by atoms with Gasteiger partial charge in [0.25, 0.3) is 0 Å². The Balaban J connectivity index is 0.000000328. The molecule has 0 aliphatic carbocycles. The number of rotatable bonds is 0. The minimum atomic E-state index is -1.79. The first-order chi connectivity index (χ1) is 9.49. The molecule has 0 fully saturated rings. The molecule has 0 amide bonds. The third-order valence-corrected chi connectivity index (χ3v) is 3.14. The monoisotopic (exact) mass is 550 g/mol. The fourth-order valence-electron chi connectivity index (χ4n) is 1.73. The number of hydrogen-bond acceptors (Lipinski definition) is 2. The fourth-order valence-corrected chi connectivity index (χ4v) is 2.03. The quantitative estimate of drug-likeness (QED) is 0.190. The van der Waals surface area contributed by atoms with Crippen molar-refractivity contribution in [1.29, 1.82) is 0 Å². The SMILES string of the molecule is Clc1cc2ccc3cccnc3c2nc1Cl.[Cl][Au]([Cl])[Cl]. The normalized spacial score (nSPS) is 11.2. The van der Waals surface area contributed by atoms with E-state index in [1.54, 1.807) is 12.3 Å². The van der Waals surface area contributed by atoms with Gasteiger partial charge in [-0.15, -0.1) is 0 Å². The molecular formula is C12H6AuCl5N2. The first-order valence-corrected chi connectivity index (χ1v) is 13.9. The number of nitrogens with zero attached hydrogens (tertiary/aromatic N) is 2. The molecule has 110 valence electrons. The Hall–Kier alpha value is 0.230. The van der Waals surface area contributed by atoms with E-state index in [0.29, 0.717) is 10.2 Å². The molecule has 0 unspecified atom stereocenters. The van der Waals surface area contributed by atoms with E-state index in [2.05, 4.69) is 9.97 Å². The molecule has 20 heavy (non-hydrogen) atoms. The van der Waals surface area contributed by atoms with Gasteiger partial charge in [-0.3, -0.25) is 4.98 Å².